The molecule has 1 aromatic heterocycles. The molecule has 0 radical (unpaired) electrons. The number of hydrogen-bond acceptors (Lipinski definition) is 3. The molecule has 2 aromatic rings. The Bertz CT molecular complexity index is 484. The second-order valence-electron chi connectivity index (χ2n) is 4.31. The summed E-state index contributed by atoms with van der Waals surface area (Å²) in [6.45, 7) is 1.52. The van der Waals surface area contributed by atoms with Crippen LogP contribution in [0.1, 0.15) is 17.2 Å². The summed E-state index contributed by atoms with van der Waals surface area (Å²) in [5.41, 5.74) is 8.50. The number of benzene rings is 1. The van der Waals surface area contributed by atoms with Crippen molar-refractivity contribution in [1.82, 2.24) is 4.90 Å². The van der Waals surface area contributed by atoms with Crippen LogP contribution in [0.2, 0.25) is 0 Å². The molecular weight excluding hydrogens is 308 g/mol. The van der Waals surface area contributed by atoms with Crippen LogP contribution < -0.4 is 5.73 Å². The molecule has 0 spiro atoms. The van der Waals surface area contributed by atoms with Crippen molar-refractivity contribution >= 4 is 27.3 Å². The van der Waals surface area contributed by atoms with Crippen molar-refractivity contribution in [1.29, 1.82) is 0 Å². The molecule has 1 unspecified atom stereocenters. The van der Waals surface area contributed by atoms with Crippen molar-refractivity contribution in [3.8, 4) is 0 Å². The van der Waals surface area contributed by atoms with E-state index < -0.39 is 0 Å². The van der Waals surface area contributed by atoms with Gasteiger partial charge < -0.3 is 5.73 Å². The van der Waals surface area contributed by atoms with Gasteiger partial charge in [0.1, 0.15) is 0 Å². The van der Waals surface area contributed by atoms with E-state index in [9.17, 15) is 0 Å². The molecule has 0 aliphatic rings. The quantitative estimate of drug-likeness (QED) is 0.909. The number of hydrogen-bond donors (Lipinski definition) is 1. The second-order valence-corrected chi connectivity index (χ2v) is 5.95. The lowest BCUT2D eigenvalue weighted by Gasteiger charge is -2.26. The van der Waals surface area contributed by atoms with Gasteiger partial charge in [-0.15, -0.1) is 0 Å². The Balaban J connectivity index is 2.11. The fourth-order valence-electron chi connectivity index (χ4n) is 2.04. The topological polar surface area (TPSA) is 29.3 Å². The molecule has 1 heterocycles. The predicted octanol–water partition coefficient (Wildman–Crippen LogP) is 3.64. The van der Waals surface area contributed by atoms with Gasteiger partial charge in [-0.2, -0.15) is 11.3 Å². The lowest BCUT2D eigenvalue weighted by molar-refractivity contribution is 0.242. The SMILES string of the molecule is CN(Cc1ccccc1Br)C(CN)c1ccsc1. The van der Waals surface area contributed by atoms with E-state index in [0.717, 1.165) is 11.0 Å². The van der Waals surface area contributed by atoms with Gasteiger partial charge in [-0.05, 0) is 41.1 Å². The third-order valence-corrected chi connectivity index (χ3v) is 4.54. The number of nitrogens with zero attached hydrogens (tertiary/aromatic N) is 1. The Hall–Kier alpha value is -0.680. The lowest BCUT2D eigenvalue weighted by atomic mass is 10.1. The highest BCUT2D eigenvalue weighted by molar-refractivity contribution is 9.10. The maximum absolute atomic E-state index is 5.91. The van der Waals surface area contributed by atoms with E-state index in [4.69, 9.17) is 5.73 Å². The van der Waals surface area contributed by atoms with Gasteiger partial charge >= 0.3 is 0 Å². The zero-order valence-corrected chi connectivity index (χ0v) is 12.7. The molecule has 0 fully saturated rings. The summed E-state index contributed by atoms with van der Waals surface area (Å²) in [6.07, 6.45) is 0. The molecule has 96 valence electrons. The first-order chi connectivity index (χ1) is 8.72. The first kappa shape index (κ1) is 13.7. The molecule has 1 atom stereocenters. The van der Waals surface area contributed by atoms with Crippen LogP contribution in [0.3, 0.4) is 0 Å². The molecule has 0 saturated carbocycles. The highest BCUT2D eigenvalue weighted by Gasteiger charge is 2.16. The Morgan fingerprint density at radius 2 is 2.11 bits per heavy atom. The van der Waals surface area contributed by atoms with E-state index in [1.165, 1.54) is 11.1 Å². The van der Waals surface area contributed by atoms with Crippen LogP contribution in [0.5, 0.6) is 0 Å². The van der Waals surface area contributed by atoms with Crippen molar-refractivity contribution in [3.63, 3.8) is 0 Å². The summed E-state index contributed by atoms with van der Waals surface area (Å²) in [5, 5.41) is 4.28. The zero-order chi connectivity index (χ0) is 13.0. The standard InChI is InChI=1S/C14H17BrN2S/c1-17(9-11-4-2-3-5-13(11)15)14(8-16)12-6-7-18-10-12/h2-7,10,14H,8-9,16H2,1H3. The predicted molar refractivity (Wildman–Crippen MR) is 81.7 cm³/mol. The molecule has 0 aliphatic heterocycles. The van der Waals surface area contributed by atoms with Gasteiger partial charge in [-0.1, -0.05) is 34.1 Å². The molecule has 2 N–H and O–H groups in total. The highest BCUT2D eigenvalue weighted by atomic mass is 79.9. The van der Waals surface area contributed by atoms with Crippen molar-refractivity contribution in [2.24, 2.45) is 5.73 Å². The molecule has 2 nitrogen and oxygen atoms in total. The molecule has 0 amide bonds. The number of nitrogens with two attached hydrogens (primary N) is 1. The summed E-state index contributed by atoms with van der Waals surface area (Å²) in [6, 6.07) is 10.7. The van der Waals surface area contributed by atoms with Gasteiger partial charge in [-0.25, -0.2) is 0 Å². The van der Waals surface area contributed by atoms with Crippen molar-refractivity contribution in [2.45, 2.75) is 12.6 Å². The van der Waals surface area contributed by atoms with Crippen LogP contribution in [-0.4, -0.2) is 18.5 Å². The Kier molecular flexibility index (Phi) is 4.95. The summed E-state index contributed by atoms with van der Waals surface area (Å²) in [5.74, 6) is 0. The van der Waals surface area contributed by atoms with Gasteiger partial charge in [0.15, 0.2) is 0 Å². The Morgan fingerprint density at radius 1 is 1.33 bits per heavy atom. The molecule has 0 aliphatic carbocycles. The maximum atomic E-state index is 5.91. The largest absolute Gasteiger partial charge is 0.329 e. The summed E-state index contributed by atoms with van der Waals surface area (Å²) >= 11 is 5.31. The molecule has 18 heavy (non-hydrogen) atoms. The zero-order valence-electron chi connectivity index (χ0n) is 10.3. The fraction of sp³-hybridized carbons (Fsp3) is 0.286. The van der Waals surface area contributed by atoms with Gasteiger partial charge in [0.05, 0.1) is 0 Å². The van der Waals surface area contributed by atoms with Crippen molar-refractivity contribution in [2.75, 3.05) is 13.6 Å². The molecule has 2 rings (SSSR count). The molecular formula is C14H17BrN2S. The van der Waals surface area contributed by atoms with Gasteiger partial charge in [0.2, 0.25) is 0 Å². The minimum atomic E-state index is 0.281. The number of halogens is 1. The third kappa shape index (κ3) is 3.20. The molecule has 0 saturated heterocycles. The van der Waals surface area contributed by atoms with Crippen LogP contribution in [0, 0.1) is 0 Å². The van der Waals surface area contributed by atoms with Gasteiger partial charge in [0.25, 0.3) is 0 Å². The van der Waals surface area contributed by atoms with Crippen LogP contribution in [0.25, 0.3) is 0 Å². The van der Waals surface area contributed by atoms with Crippen LogP contribution in [0.15, 0.2) is 45.6 Å². The fourth-order valence-corrected chi connectivity index (χ4v) is 3.16. The lowest BCUT2D eigenvalue weighted by Crippen LogP contribution is -2.29. The second kappa shape index (κ2) is 6.48. The molecule has 4 heteroatoms. The van der Waals surface area contributed by atoms with E-state index in [2.05, 4.69) is 62.9 Å². The van der Waals surface area contributed by atoms with Crippen LogP contribution >= 0.6 is 27.3 Å². The molecule has 1 aromatic carbocycles. The minimum absolute atomic E-state index is 0.281. The summed E-state index contributed by atoms with van der Waals surface area (Å²) < 4.78 is 1.15. The average Bonchev–Trinajstić information content (AvgIpc) is 2.87. The third-order valence-electron chi connectivity index (χ3n) is 3.06. The van der Waals surface area contributed by atoms with Gasteiger partial charge in [-0.3, -0.25) is 4.90 Å². The van der Waals surface area contributed by atoms with Crippen molar-refractivity contribution < 1.29 is 0 Å². The summed E-state index contributed by atoms with van der Waals surface area (Å²) in [7, 11) is 2.12. The van der Waals surface area contributed by atoms with Crippen molar-refractivity contribution in [3.05, 3.63) is 56.7 Å². The Morgan fingerprint density at radius 3 is 2.72 bits per heavy atom. The van der Waals surface area contributed by atoms with E-state index >= 15 is 0 Å². The van der Waals surface area contributed by atoms with E-state index in [1.54, 1.807) is 11.3 Å². The maximum Gasteiger partial charge on any atom is 0.0479 e. The van der Waals surface area contributed by atoms with Gasteiger partial charge in [0, 0.05) is 23.6 Å². The summed E-state index contributed by atoms with van der Waals surface area (Å²) in [4.78, 5) is 2.29. The monoisotopic (exact) mass is 324 g/mol. The molecule has 0 bridgehead atoms. The Labute approximate surface area is 121 Å². The van der Waals surface area contributed by atoms with Crippen LogP contribution in [-0.2, 0) is 6.54 Å². The van der Waals surface area contributed by atoms with E-state index in [1.807, 2.05) is 6.07 Å². The van der Waals surface area contributed by atoms with E-state index in [-0.39, 0.29) is 6.04 Å². The normalized spacial score (nSPS) is 12.9. The van der Waals surface area contributed by atoms with Crippen LogP contribution in [0.4, 0.5) is 0 Å². The minimum Gasteiger partial charge on any atom is -0.329 e. The number of likely N-dealkylation sites (N-methyl/N-ethyl adjacent to an activating group) is 1. The first-order valence-corrected chi connectivity index (χ1v) is 7.61. The number of rotatable bonds is 5. The van der Waals surface area contributed by atoms with E-state index in [0.29, 0.717) is 6.54 Å². The highest BCUT2D eigenvalue weighted by Crippen LogP contribution is 2.24. The number of thiophene rings is 1. The average molecular weight is 325 g/mol. The first-order valence-electron chi connectivity index (χ1n) is 5.88. The smallest absolute Gasteiger partial charge is 0.0479 e.